The van der Waals surface area contributed by atoms with E-state index < -0.39 is 27.4 Å². The first-order chi connectivity index (χ1) is 10.7. The van der Waals surface area contributed by atoms with Crippen molar-refractivity contribution in [2.45, 2.75) is 63.9 Å². The standard InChI is InChI=1S/C14H23F2NO6S/c1-9(14(15,16)24(20,21)22)23-12(19)8-10-5-6-17(11(18)7-10)13(2,3)4/h9-10H,5-8H2,1-4H3,(H,20,21,22). The minimum atomic E-state index is -5.68. The van der Waals surface area contributed by atoms with Crippen LogP contribution in [-0.4, -0.2) is 53.2 Å². The quantitative estimate of drug-likeness (QED) is 0.584. The summed E-state index contributed by atoms with van der Waals surface area (Å²) in [6.07, 6.45) is -1.99. The first-order valence-electron chi connectivity index (χ1n) is 7.51. The number of piperidine rings is 1. The Bertz CT molecular complexity index is 599. The number of nitrogens with zero attached hydrogens (tertiary/aromatic N) is 1. The first kappa shape index (κ1) is 20.8. The summed E-state index contributed by atoms with van der Waals surface area (Å²) in [5.74, 6) is -1.52. The van der Waals surface area contributed by atoms with Crippen molar-refractivity contribution in [1.29, 1.82) is 0 Å². The second-order valence-corrected chi connectivity index (χ2v) is 8.44. The van der Waals surface area contributed by atoms with Gasteiger partial charge in [-0.1, -0.05) is 0 Å². The van der Waals surface area contributed by atoms with E-state index in [1.54, 1.807) is 4.90 Å². The molecule has 7 nitrogen and oxygen atoms in total. The third-order valence-corrected chi connectivity index (χ3v) is 4.94. The highest BCUT2D eigenvalue weighted by Crippen LogP contribution is 2.30. The number of alkyl halides is 2. The second-order valence-electron chi connectivity index (χ2n) is 6.95. The molecule has 0 spiro atoms. The summed E-state index contributed by atoms with van der Waals surface area (Å²) in [5, 5.41) is -4.59. The molecule has 2 atom stereocenters. The van der Waals surface area contributed by atoms with Crippen molar-refractivity contribution < 1.29 is 36.1 Å². The zero-order valence-corrected chi connectivity index (χ0v) is 14.9. The van der Waals surface area contributed by atoms with E-state index in [2.05, 4.69) is 4.74 Å². The van der Waals surface area contributed by atoms with Crippen molar-refractivity contribution in [3.63, 3.8) is 0 Å². The van der Waals surface area contributed by atoms with E-state index >= 15 is 0 Å². The van der Waals surface area contributed by atoms with Crippen molar-refractivity contribution in [3.8, 4) is 0 Å². The van der Waals surface area contributed by atoms with Crippen molar-refractivity contribution in [1.82, 2.24) is 4.90 Å². The molecule has 0 bridgehead atoms. The summed E-state index contributed by atoms with van der Waals surface area (Å²) in [6, 6.07) is 0. The average Bonchev–Trinajstić information content (AvgIpc) is 2.35. The lowest BCUT2D eigenvalue weighted by Crippen LogP contribution is -2.50. The fraction of sp³-hybridized carbons (Fsp3) is 0.857. The van der Waals surface area contributed by atoms with Gasteiger partial charge in [0.25, 0.3) is 0 Å². The number of esters is 1. The predicted octanol–water partition coefficient (Wildman–Crippen LogP) is 1.83. The van der Waals surface area contributed by atoms with Gasteiger partial charge in [-0.05, 0) is 40.0 Å². The van der Waals surface area contributed by atoms with Crippen molar-refractivity contribution in [2.24, 2.45) is 5.92 Å². The zero-order chi connectivity index (χ0) is 18.9. The maximum Gasteiger partial charge on any atom is 0.405 e. The van der Waals surface area contributed by atoms with Crippen LogP contribution in [0.5, 0.6) is 0 Å². The van der Waals surface area contributed by atoms with Crippen LogP contribution >= 0.6 is 0 Å². The van der Waals surface area contributed by atoms with E-state index in [0.29, 0.717) is 19.9 Å². The molecule has 1 amide bonds. The first-order valence-corrected chi connectivity index (χ1v) is 8.95. The van der Waals surface area contributed by atoms with Crippen LogP contribution in [0.1, 0.15) is 47.0 Å². The third-order valence-electron chi connectivity index (χ3n) is 3.92. The molecular weight excluding hydrogens is 348 g/mol. The largest absolute Gasteiger partial charge is 0.455 e. The molecule has 1 fully saturated rings. The van der Waals surface area contributed by atoms with Crippen LogP contribution in [0.25, 0.3) is 0 Å². The minimum absolute atomic E-state index is 0.0927. The molecule has 0 saturated carbocycles. The third kappa shape index (κ3) is 4.85. The van der Waals surface area contributed by atoms with Crippen LogP contribution < -0.4 is 0 Å². The van der Waals surface area contributed by atoms with Crippen molar-refractivity contribution in [3.05, 3.63) is 0 Å². The molecule has 1 aliphatic heterocycles. The van der Waals surface area contributed by atoms with E-state index in [1.165, 1.54) is 0 Å². The van der Waals surface area contributed by atoms with E-state index in [0.717, 1.165) is 0 Å². The maximum atomic E-state index is 13.3. The number of likely N-dealkylation sites (tertiary alicyclic amines) is 1. The summed E-state index contributed by atoms with van der Waals surface area (Å²) in [4.78, 5) is 25.5. The molecule has 0 aromatic rings. The number of carbonyl (C=O) groups excluding carboxylic acids is 2. The molecule has 1 N–H and O–H groups in total. The van der Waals surface area contributed by atoms with E-state index in [9.17, 15) is 26.8 Å². The molecule has 0 aliphatic carbocycles. The number of hydrogen-bond donors (Lipinski definition) is 1. The number of carbonyl (C=O) groups is 2. The van der Waals surface area contributed by atoms with Gasteiger partial charge in [-0.3, -0.25) is 14.1 Å². The zero-order valence-electron chi connectivity index (χ0n) is 14.1. The number of halogens is 2. The Balaban J connectivity index is 2.60. The molecule has 10 heteroatoms. The molecular formula is C14H23F2NO6S. The molecule has 0 aromatic carbocycles. The normalized spacial score (nSPS) is 21.5. The summed E-state index contributed by atoms with van der Waals surface area (Å²) in [7, 11) is -5.68. The Labute approximate surface area is 140 Å². The molecule has 2 unspecified atom stereocenters. The second kappa shape index (κ2) is 6.91. The van der Waals surface area contributed by atoms with Crippen molar-refractivity contribution >= 4 is 22.0 Å². The van der Waals surface area contributed by atoms with Gasteiger partial charge in [-0.15, -0.1) is 0 Å². The van der Waals surface area contributed by atoms with Gasteiger partial charge < -0.3 is 9.64 Å². The molecule has 0 aromatic heterocycles. The highest BCUT2D eigenvalue weighted by Gasteiger charge is 2.52. The lowest BCUT2D eigenvalue weighted by molar-refractivity contribution is -0.161. The van der Waals surface area contributed by atoms with Gasteiger partial charge in [-0.25, -0.2) is 0 Å². The Kier molecular flexibility index (Phi) is 5.98. The Morgan fingerprint density at radius 2 is 1.96 bits per heavy atom. The average molecular weight is 371 g/mol. The smallest absolute Gasteiger partial charge is 0.405 e. The van der Waals surface area contributed by atoms with Gasteiger partial charge >= 0.3 is 21.3 Å². The van der Waals surface area contributed by atoms with E-state index in [-0.39, 0.29) is 30.2 Å². The molecule has 1 aliphatic rings. The molecule has 1 saturated heterocycles. The topological polar surface area (TPSA) is 101 Å². The summed E-state index contributed by atoms with van der Waals surface area (Å²) in [6.45, 7) is 6.78. The lowest BCUT2D eigenvalue weighted by Gasteiger charge is -2.40. The van der Waals surface area contributed by atoms with Crippen LogP contribution in [0.4, 0.5) is 8.78 Å². The maximum absolute atomic E-state index is 13.3. The SMILES string of the molecule is CC(OC(=O)CC1CCN(C(C)(C)C)C(=O)C1)C(F)(F)S(=O)(=O)O. The predicted molar refractivity (Wildman–Crippen MR) is 80.9 cm³/mol. The van der Waals surface area contributed by atoms with Gasteiger partial charge in [0.15, 0.2) is 6.10 Å². The molecule has 1 rings (SSSR count). The number of rotatable bonds is 5. The lowest BCUT2D eigenvalue weighted by atomic mass is 9.90. The highest BCUT2D eigenvalue weighted by molar-refractivity contribution is 7.86. The Morgan fingerprint density at radius 1 is 1.42 bits per heavy atom. The van der Waals surface area contributed by atoms with Gasteiger partial charge in [0.05, 0.1) is 0 Å². The van der Waals surface area contributed by atoms with Gasteiger partial charge in [0.1, 0.15) is 0 Å². The van der Waals surface area contributed by atoms with E-state index in [1.807, 2.05) is 20.8 Å². The Morgan fingerprint density at radius 3 is 2.38 bits per heavy atom. The molecule has 0 radical (unpaired) electrons. The summed E-state index contributed by atoms with van der Waals surface area (Å²) < 4.78 is 60.8. The van der Waals surface area contributed by atoms with Crippen molar-refractivity contribution in [2.75, 3.05) is 6.54 Å². The number of ether oxygens (including phenoxy) is 1. The molecule has 1 heterocycles. The monoisotopic (exact) mass is 371 g/mol. The summed E-state index contributed by atoms with van der Waals surface area (Å²) in [5.41, 5.74) is -0.339. The summed E-state index contributed by atoms with van der Waals surface area (Å²) >= 11 is 0. The van der Waals surface area contributed by atoms with E-state index in [4.69, 9.17) is 4.55 Å². The fourth-order valence-corrected chi connectivity index (χ4v) is 3.01. The van der Waals surface area contributed by atoms with Crippen LogP contribution in [-0.2, 0) is 24.4 Å². The number of amides is 1. The fourth-order valence-electron chi connectivity index (χ4n) is 2.54. The molecule has 140 valence electrons. The van der Waals surface area contributed by atoms with Gasteiger partial charge in [0, 0.05) is 24.9 Å². The van der Waals surface area contributed by atoms with Crippen LogP contribution in [0.2, 0.25) is 0 Å². The van der Waals surface area contributed by atoms with Crippen LogP contribution in [0.3, 0.4) is 0 Å². The van der Waals surface area contributed by atoms with Gasteiger partial charge in [0.2, 0.25) is 5.91 Å². The molecule has 24 heavy (non-hydrogen) atoms. The minimum Gasteiger partial charge on any atom is -0.455 e. The Hall–Kier alpha value is -1.29. The highest BCUT2D eigenvalue weighted by atomic mass is 32.2. The number of hydrogen-bond acceptors (Lipinski definition) is 5. The van der Waals surface area contributed by atoms with Crippen LogP contribution in [0.15, 0.2) is 0 Å². The van der Waals surface area contributed by atoms with Gasteiger partial charge in [-0.2, -0.15) is 17.2 Å². The van der Waals surface area contributed by atoms with Crippen LogP contribution in [0, 0.1) is 5.92 Å².